The largest absolute Gasteiger partial charge is 0.497 e. The molecule has 0 aromatic heterocycles. The van der Waals surface area contributed by atoms with E-state index < -0.39 is 0 Å². The molecule has 1 atom stereocenters. The third-order valence-corrected chi connectivity index (χ3v) is 3.73. The number of likely N-dealkylation sites (N-methyl/N-ethyl adjacent to an activating group) is 1. The Balaban J connectivity index is 1.88. The minimum atomic E-state index is -0.283. The van der Waals surface area contributed by atoms with Crippen LogP contribution in [0.2, 0.25) is 0 Å². The van der Waals surface area contributed by atoms with E-state index in [0.717, 1.165) is 11.3 Å². The normalized spacial score (nSPS) is 12.2. The van der Waals surface area contributed by atoms with Gasteiger partial charge < -0.3 is 14.6 Å². The van der Waals surface area contributed by atoms with Crippen molar-refractivity contribution in [3.8, 4) is 11.5 Å². The van der Waals surface area contributed by atoms with Gasteiger partial charge in [-0.3, -0.25) is 4.90 Å². The highest BCUT2D eigenvalue weighted by Crippen LogP contribution is 2.21. The maximum atomic E-state index is 12.8. The summed E-state index contributed by atoms with van der Waals surface area (Å²) in [5, 5.41) is 9.67. The molecule has 0 saturated carbocycles. The molecule has 23 heavy (non-hydrogen) atoms. The van der Waals surface area contributed by atoms with Gasteiger partial charge in [0.1, 0.15) is 23.9 Å². The number of rotatable bonds is 8. The van der Waals surface area contributed by atoms with Crippen molar-refractivity contribution >= 4 is 0 Å². The third kappa shape index (κ3) is 4.94. The van der Waals surface area contributed by atoms with Crippen molar-refractivity contribution in [1.29, 1.82) is 0 Å². The zero-order chi connectivity index (χ0) is 16.7. The van der Waals surface area contributed by atoms with Crippen molar-refractivity contribution in [2.45, 2.75) is 6.04 Å². The van der Waals surface area contributed by atoms with E-state index in [1.54, 1.807) is 19.2 Å². The Kier molecular flexibility index (Phi) is 6.38. The molecule has 0 fully saturated rings. The number of hydrogen-bond donors (Lipinski definition) is 1. The first kappa shape index (κ1) is 17.2. The monoisotopic (exact) mass is 319 g/mol. The Morgan fingerprint density at radius 1 is 1.04 bits per heavy atom. The lowest BCUT2D eigenvalue weighted by atomic mass is 10.1. The third-order valence-electron chi connectivity index (χ3n) is 3.73. The van der Waals surface area contributed by atoms with Crippen molar-refractivity contribution in [1.82, 2.24) is 4.90 Å². The van der Waals surface area contributed by atoms with E-state index in [1.165, 1.54) is 12.1 Å². The Morgan fingerprint density at radius 3 is 2.22 bits per heavy atom. The fraction of sp³-hybridized carbons (Fsp3) is 0.333. The number of nitrogens with zero attached hydrogens (tertiary/aromatic N) is 1. The SMILES string of the molecule is COc1ccc(C(CO)N(C)CCOc2ccc(F)cc2)cc1. The van der Waals surface area contributed by atoms with Crippen LogP contribution in [0.3, 0.4) is 0 Å². The summed E-state index contributed by atoms with van der Waals surface area (Å²) in [6, 6.07) is 13.5. The first-order chi connectivity index (χ1) is 11.1. The number of halogens is 1. The van der Waals surface area contributed by atoms with Crippen LogP contribution in [0.25, 0.3) is 0 Å². The van der Waals surface area contributed by atoms with Crippen molar-refractivity contribution in [2.75, 3.05) is 33.9 Å². The van der Waals surface area contributed by atoms with Gasteiger partial charge in [0, 0.05) is 6.54 Å². The van der Waals surface area contributed by atoms with Gasteiger partial charge in [-0.15, -0.1) is 0 Å². The average molecular weight is 319 g/mol. The van der Waals surface area contributed by atoms with Gasteiger partial charge in [-0.25, -0.2) is 4.39 Å². The summed E-state index contributed by atoms with van der Waals surface area (Å²) in [6.07, 6.45) is 0. The Labute approximate surface area is 136 Å². The molecule has 5 heteroatoms. The molecule has 1 unspecified atom stereocenters. The lowest BCUT2D eigenvalue weighted by molar-refractivity contribution is 0.130. The van der Waals surface area contributed by atoms with E-state index in [9.17, 15) is 9.50 Å². The van der Waals surface area contributed by atoms with Crippen molar-refractivity contribution < 1.29 is 19.0 Å². The molecule has 2 rings (SSSR count). The lowest BCUT2D eigenvalue weighted by Gasteiger charge is -2.27. The molecule has 0 aliphatic rings. The number of hydrogen-bond acceptors (Lipinski definition) is 4. The minimum Gasteiger partial charge on any atom is -0.497 e. The first-order valence-electron chi connectivity index (χ1n) is 7.47. The van der Waals surface area contributed by atoms with E-state index in [2.05, 4.69) is 0 Å². The quantitative estimate of drug-likeness (QED) is 0.812. The molecular weight excluding hydrogens is 297 g/mol. The highest BCUT2D eigenvalue weighted by molar-refractivity contribution is 5.29. The molecular formula is C18H22FNO3. The van der Waals surface area contributed by atoms with Crippen molar-refractivity contribution in [3.63, 3.8) is 0 Å². The van der Waals surface area contributed by atoms with Gasteiger partial charge in [0.15, 0.2) is 0 Å². The molecule has 0 amide bonds. The van der Waals surface area contributed by atoms with E-state index >= 15 is 0 Å². The van der Waals surface area contributed by atoms with Gasteiger partial charge in [-0.05, 0) is 49.0 Å². The maximum Gasteiger partial charge on any atom is 0.123 e. The molecule has 0 heterocycles. The molecule has 0 bridgehead atoms. The fourth-order valence-electron chi connectivity index (χ4n) is 2.32. The van der Waals surface area contributed by atoms with Crippen LogP contribution < -0.4 is 9.47 Å². The molecule has 124 valence electrons. The first-order valence-corrected chi connectivity index (χ1v) is 7.47. The Morgan fingerprint density at radius 2 is 1.65 bits per heavy atom. The van der Waals surface area contributed by atoms with Crippen molar-refractivity contribution in [2.24, 2.45) is 0 Å². The fourth-order valence-corrected chi connectivity index (χ4v) is 2.32. The van der Waals surface area contributed by atoms with Gasteiger partial charge in [0.2, 0.25) is 0 Å². The van der Waals surface area contributed by atoms with Gasteiger partial charge in [-0.2, -0.15) is 0 Å². The van der Waals surface area contributed by atoms with E-state index in [0.29, 0.717) is 18.9 Å². The molecule has 1 N–H and O–H groups in total. The van der Waals surface area contributed by atoms with Crippen LogP contribution in [0.4, 0.5) is 4.39 Å². The predicted octanol–water partition coefficient (Wildman–Crippen LogP) is 2.88. The summed E-state index contributed by atoms with van der Waals surface area (Å²) < 4.78 is 23.6. The van der Waals surface area contributed by atoms with Crippen LogP contribution in [0.15, 0.2) is 48.5 Å². The highest BCUT2D eigenvalue weighted by Gasteiger charge is 2.16. The summed E-state index contributed by atoms with van der Waals surface area (Å²) >= 11 is 0. The molecule has 2 aromatic carbocycles. The summed E-state index contributed by atoms with van der Waals surface area (Å²) in [4.78, 5) is 2.02. The molecule has 4 nitrogen and oxygen atoms in total. The van der Waals surface area contributed by atoms with Crippen LogP contribution in [0, 0.1) is 5.82 Å². The van der Waals surface area contributed by atoms with Gasteiger partial charge in [-0.1, -0.05) is 12.1 Å². The van der Waals surface area contributed by atoms with E-state index in [-0.39, 0.29) is 18.5 Å². The smallest absolute Gasteiger partial charge is 0.123 e. The zero-order valence-electron chi connectivity index (χ0n) is 13.4. The van der Waals surface area contributed by atoms with Crippen LogP contribution in [0.5, 0.6) is 11.5 Å². The molecule has 0 aliphatic heterocycles. The van der Waals surface area contributed by atoms with Crippen LogP contribution in [-0.4, -0.2) is 43.9 Å². The molecule has 0 spiro atoms. The van der Waals surface area contributed by atoms with Crippen LogP contribution in [0.1, 0.15) is 11.6 Å². The average Bonchev–Trinajstić information content (AvgIpc) is 2.58. The molecule has 2 aromatic rings. The van der Waals surface area contributed by atoms with Crippen LogP contribution >= 0.6 is 0 Å². The highest BCUT2D eigenvalue weighted by atomic mass is 19.1. The zero-order valence-corrected chi connectivity index (χ0v) is 13.4. The Bertz CT molecular complexity index is 586. The summed E-state index contributed by atoms with van der Waals surface area (Å²) in [6.45, 7) is 1.10. The Hall–Kier alpha value is -2.11. The number of ether oxygens (including phenoxy) is 2. The topological polar surface area (TPSA) is 41.9 Å². The van der Waals surface area contributed by atoms with E-state index in [4.69, 9.17) is 9.47 Å². The lowest BCUT2D eigenvalue weighted by Crippen LogP contribution is -2.31. The summed E-state index contributed by atoms with van der Waals surface area (Å²) in [5.74, 6) is 1.13. The molecule has 0 saturated heterocycles. The molecule has 0 aliphatic carbocycles. The maximum absolute atomic E-state index is 12.8. The number of methoxy groups -OCH3 is 1. The minimum absolute atomic E-state index is 0.0133. The summed E-state index contributed by atoms with van der Waals surface area (Å²) in [7, 11) is 3.55. The van der Waals surface area contributed by atoms with Gasteiger partial charge >= 0.3 is 0 Å². The van der Waals surface area contributed by atoms with Gasteiger partial charge in [0.25, 0.3) is 0 Å². The molecule has 0 radical (unpaired) electrons. The van der Waals surface area contributed by atoms with Gasteiger partial charge in [0.05, 0.1) is 19.8 Å². The number of aliphatic hydroxyl groups is 1. The summed E-state index contributed by atoms with van der Waals surface area (Å²) in [5.41, 5.74) is 1.01. The number of benzene rings is 2. The predicted molar refractivity (Wildman–Crippen MR) is 87.3 cm³/mol. The standard InChI is InChI=1S/C18H22FNO3/c1-20(11-12-23-17-9-5-15(19)6-10-17)18(13-21)14-3-7-16(22-2)8-4-14/h3-10,18,21H,11-13H2,1-2H3. The van der Waals surface area contributed by atoms with Crippen LogP contribution in [-0.2, 0) is 0 Å². The number of aliphatic hydroxyl groups excluding tert-OH is 1. The van der Waals surface area contributed by atoms with Crippen molar-refractivity contribution in [3.05, 3.63) is 59.9 Å². The second-order valence-corrected chi connectivity index (χ2v) is 5.25. The van der Waals surface area contributed by atoms with E-state index in [1.807, 2.05) is 36.2 Å². The second-order valence-electron chi connectivity index (χ2n) is 5.25. The second kappa shape index (κ2) is 8.50.